The van der Waals surface area contributed by atoms with Gasteiger partial charge in [-0.1, -0.05) is 6.07 Å². The van der Waals surface area contributed by atoms with Crippen LogP contribution in [0.25, 0.3) is 0 Å². The molecule has 4 heteroatoms. The number of ether oxygens (including phenoxy) is 1. The molecule has 0 aliphatic carbocycles. The maximum atomic E-state index is 10.2. The fraction of sp³-hybridized carbons (Fsp3) is 0.300. The summed E-state index contributed by atoms with van der Waals surface area (Å²) in [7, 11) is 0. The summed E-state index contributed by atoms with van der Waals surface area (Å²) < 4.78 is 5.20. The van der Waals surface area contributed by atoms with Crippen molar-refractivity contribution in [1.29, 1.82) is 0 Å². The third kappa shape index (κ3) is 2.97. The molecule has 0 unspecified atom stereocenters. The number of carboxylic acid groups (broad SMARTS) is 1. The summed E-state index contributed by atoms with van der Waals surface area (Å²) in [4.78, 5) is 10.2. The van der Waals surface area contributed by atoms with Crippen LogP contribution in [0.1, 0.15) is 12.0 Å². The van der Waals surface area contributed by atoms with Crippen LogP contribution in [0.5, 0.6) is 5.75 Å². The van der Waals surface area contributed by atoms with E-state index in [0.717, 1.165) is 5.56 Å². The van der Waals surface area contributed by atoms with Gasteiger partial charge in [-0.05, 0) is 24.6 Å². The molecule has 0 fully saturated rings. The van der Waals surface area contributed by atoms with E-state index in [9.17, 15) is 4.79 Å². The van der Waals surface area contributed by atoms with Crippen molar-refractivity contribution in [3.05, 3.63) is 23.8 Å². The Bertz CT molecular complexity index is 336. The molecule has 0 atom stereocenters. The highest BCUT2D eigenvalue weighted by atomic mass is 16.5. The van der Waals surface area contributed by atoms with E-state index in [2.05, 4.69) is 0 Å². The molecule has 0 aliphatic heterocycles. The Kier molecular flexibility index (Phi) is 3.34. The van der Waals surface area contributed by atoms with Crippen molar-refractivity contribution < 1.29 is 14.6 Å². The molecule has 1 aromatic carbocycles. The molecule has 14 heavy (non-hydrogen) atoms. The maximum Gasteiger partial charge on any atom is 0.306 e. The second kappa shape index (κ2) is 4.50. The molecule has 3 N–H and O–H groups in total. The Hall–Kier alpha value is -1.71. The number of aliphatic carboxylic acids is 1. The predicted octanol–water partition coefficient (Wildman–Crippen LogP) is 1.43. The Labute approximate surface area is 82.3 Å². The molecule has 0 saturated carbocycles. The van der Waals surface area contributed by atoms with Crippen LogP contribution in [-0.2, 0) is 4.79 Å². The van der Waals surface area contributed by atoms with Gasteiger partial charge in [0, 0.05) is 0 Å². The van der Waals surface area contributed by atoms with Gasteiger partial charge in [0.25, 0.3) is 0 Å². The van der Waals surface area contributed by atoms with Crippen molar-refractivity contribution >= 4 is 11.7 Å². The number of carboxylic acids is 1. The highest BCUT2D eigenvalue weighted by Crippen LogP contribution is 2.21. The van der Waals surface area contributed by atoms with Crippen LogP contribution < -0.4 is 10.5 Å². The lowest BCUT2D eigenvalue weighted by Crippen LogP contribution is -2.06. The quantitative estimate of drug-likeness (QED) is 0.713. The van der Waals surface area contributed by atoms with Crippen molar-refractivity contribution in [3.63, 3.8) is 0 Å². The smallest absolute Gasteiger partial charge is 0.306 e. The topological polar surface area (TPSA) is 72.5 Å². The van der Waals surface area contributed by atoms with Crippen LogP contribution in [-0.4, -0.2) is 17.7 Å². The molecular weight excluding hydrogens is 182 g/mol. The number of hydrogen-bond donors (Lipinski definition) is 2. The van der Waals surface area contributed by atoms with Gasteiger partial charge in [-0.3, -0.25) is 4.79 Å². The van der Waals surface area contributed by atoms with E-state index in [1.807, 2.05) is 13.0 Å². The minimum atomic E-state index is -0.879. The molecule has 0 spiro atoms. The number of hydrogen-bond acceptors (Lipinski definition) is 3. The molecule has 1 aromatic rings. The summed E-state index contributed by atoms with van der Waals surface area (Å²) in [5, 5.41) is 8.39. The normalized spacial score (nSPS) is 9.79. The van der Waals surface area contributed by atoms with Crippen molar-refractivity contribution in [3.8, 4) is 5.75 Å². The third-order valence-corrected chi connectivity index (χ3v) is 1.74. The Morgan fingerprint density at radius 2 is 2.29 bits per heavy atom. The number of aryl methyl sites for hydroxylation is 1. The van der Waals surface area contributed by atoms with E-state index >= 15 is 0 Å². The Morgan fingerprint density at radius 3 is 2.86 bits per heavy atom. The van der Waals surface area contributed by atoms with Crippen LogP contribution in [0.15, 0.2) is 18.2 Å². The predicted molar refractivity (Wildman–Crippen MR) is 53.3 cm³/mol. The minimum absolute atomic E-state index is 0.0205. The fourth-order valence-corrected chi connectivity index (χ4v) is 1.05. The standard InChI is InChI=1S/C10H13NO3/c1-7-2-3-9(8(11)6-7)14-5-4-10(12)13/h2-3,6H,4-5,11H2,1H3,(H,12,13). The summed E-state index contributed by atoms with van der Waals surface area (Å²) >= 11 is 0. The first-order valence-corrected chi connectivity index (χ1v) is 4.30. The molecule has 0 aromatic heterocycles. The molecular formula is C10H13NO3. The number of nitrogens with two attached hydrogens (primary N) is 1. The lowest BCUT2D eigenvalue weighted by Gasteiger charge is -2.07. The second-order valence-corrected chi connectivity index (χ2v) is 3.03. The Balaban J connectivity index is 2.55. The third-order valence-electron chi connectivity index (χ3n) is 1.74. The van der Waals surface area contributed by atoms with Crippen LogP contribution in [0.2, 0.25) is 0 Å². The van der Waals surface area contributed by atoms with E-state index in [1.165, 1.54) is 0 Å². The van der Waals surface area contributed by atoms with Crippen LogP contribution in [0.4, 0.5) is 5.69 Å². The van der Waals surface area contributed by atoms with Gasteiger partial charge in [0.2, 0.25) is 0 Å². The van der Waals surface area contributed by atoms with Gasteiger partial charge in [-0.2, -0.15) is 0 Å². The highest BCUT2D eigenvalue weighted by Gasteiger charge is 2.01. The molecule has 76 valence electrons. The van der Waals surface area contributed by atoms with Gasteiger partial charge >= 0.3 is 5.97 Å². The first-order chi connectivity index (χ1) is 6.59. The van der Waals surface area contributed by atoms with Crippen molar-refractivity contribution in [2.24, 2.45) is 0 Å². The second-order valence-electron chi connectivity index (χ2n) is 3.03. The van der Waals surface area contributed by atoms with Crippen LogP contribution in [0.3, 0.4) is 0 Å². The lowest BCUT2D eigenvalue weighted by atomic mass is 10.2. The lowest BCUT2D eigenvalue weighted by molar-refractivity contribution is -0.137. The van der Waals surface area contributed by atoms with E-state index in [-0.39, 0.29) is 13.0 Å². The van der Waals surface area contributed by atoms with E-state index in [4.69, 9.17) is 15.6 Å². The summed E-state index contributed by atoms with van der Waals surface area (Å²) in [6.07, 6.45) is -0.0205. The monoisotopic (exact) mass is 195 g/mol. The Morgan fingerprint density at radius 1 is 1.57 bits per heavy atom. The molecule has 0 aliphatic rings. The largest absolute Gasteiger partial charge is 0.491 e. The number of rotatable bonds is 4. The number of benzene rings is 1. The molecule has 0 heterocycles. The summed E-state index contributed by atoms with van der Waals surface area (Å²) in [5.74, 6) is -0.340. The average Bonchev–Trinajstić information content (AvgIpc) is 2.08. The van der Waals surface area contributed by atoms with Gasteiger partial charge in [0.1, 0.15) is 5.75 Å². The SMILES string of the molecule is Cc1ccc(OCCC(=O)O)c(N)c1. The maximum absolute atomic E-state index is 10.2. The summed E-state index contributed by atoms with van der Waals surface area (Å²) in [6, 6.07) is 5.40. The summed E-state index contributed by atoms with van der Waals surface area (Å²) in [5.41, 5.74) is 7.25. The number of anilines is 1. The first-order valence-electron chi connectivity index (χ1n) is 4.30. The van der Waals surface area contributed by atoms with E-state index in [0.29, 0.717) is 11.4 Å². The van der Waals surface area contributed by atoms with Crippen molar-refractivity contribution in [2.45, 2.75) is 13.3 Å². The van der Waals surface area contributed by atoms with Gasteiger partial charge in [-0.15, -0.1) is 0 Å². The zero-order chi connectivity index (χ0) is 10.6. The first kappa shape index (κ1) is 10.4. The number of nitrogen functional groups attached to an aromatic ring is 1. The zero-order valence-electron chi connectivity index (χ0n) is 7.99. The highest BCUT2D eigenvalue weighted by molar-refractivity contribution is 5.66. The molecule has 0 radical (unpaired) electrons. The van der Waals surface area contributed by atoms with Gasteiger partial charge in [0.05, 0.1) is 18.7 Å². The van der Waals surface area contributed by atoms with Gasteiger partial charge in [-0.25, -0.2) is 0 Å². The minimum Gasteiger partial charge on any atom is -0.491 e. The molecule has 0 saturated heterocycles. The molecule has 0 amide bonds. The van der Waals surface area contributed by atoms with Crippen molar-refractivity contribution in [1.82, 2.24) is 0 Å². The summed E-state index contributed by atoms with van der Waals surface area (Å²) in [6.45, 7) is 2.07. The zero-order valence-corrected chi connectivity index (χ0v) is 7.99. The van der Waals surface area contributed by atoms with Crippen LogP contribution >= 0.6 is 0 Å². The van der Waals surface area contributed by atoms with Gasteiger partial charge < -0.3 is 15.6 Å². The molecule has 1 rings (SSSR count). The fourth-order valence-electron chi connectivity index (χ4n) is 1.05. The molecule has 4 nitrogen and oxygen atoms in total. The van der Waals surface area contributed by atoms with Crippen molar-refractivity contribution in [2.75, 3.05) is 12.3 Å². The van der Waals surface area contributed by atoms with E-state index < -0.39 is 5.97 Å². The average molecular weight is 195 g/mol. The van der Waals surface area contributed by atoms with Gasteiger partial charge in [0.15, 0.2) is 0 Å². The van der Waals surface area contributed by atoms with E-state index in [1.54, 1.807) is 12.1 Å². The van der Waals surface area contributed by atoms with Crippen LogP contribution in [0, 0.1) is 6.92 Å². The molecule has 0 bridgehead atoms. The number of carbonyl (C=O) groups is 1.